The third kappa shape index (κ3) is 4.30. The molecule has 0 bridgehead atoms. The first-order chi connectivity index (χ1) is 8.26. The fourth-order valence-corrected chi connectivity index (χ4v) is 3.78. The van der Waals surface area contributed by atoms with Crippen LogP contribution < -0.4 is 0 Å². The van der Waals surface area contributed by atoms with Gasteiger partial charge in [0.15, 0.2) is 9.84 Å². The van der Waals surface area contributed by atoms with Crippen molar-refractivity contribution in [3.63, 3.8) is 0 Å². The van der Waals surface area contributed by atoms with E-state index in [9.17, 15) is 8.42 Å². The van der Waals surface area contributed by atoms with E-state index >= 15 is 0 Å². The molecule has 0 unspecified atom stereocenters. The summed E-state index contributed by atoms with van der Waals surface area (Å²) in [6.45, 7) is 5.17. The molecule has 1 aromatic carbocycles. The zero-order valence-corrected chi connectivity index (χ0v) is 12.6. The van der Waals surface area contributed by atoms with Crippen LogP contribution in [0.25, 0.3) is 0 Å². The normalized spacial score (nSPS) is 12.7. The minimum atomic E-state index is -3.05. The van der Waals surface area contributed by atoms with E-state index in [-0.39, 0.29) is 12.4 Å². The summed E-state index contributed by atoms with van der Waals surface area (Å²) < 4.78 is 23.1. The summed E-state index contributed by atoms with van der Waals surface area (Å²) in [5.41, 5.74) is 0.846. The van der Waals surface area contributed by atoms with Crippen LogP contribution in [-0.4, -0.2) is 29.8 Å². The summed E-state index contributed by atoms with van der Waals surface area (Å²) >= 11 is 1.50. The highest BCUT2D eigenvalue weighted by molar-refractivity contribution is 8.01. The zero-order chi connectivity index (χ0) is 13.8. The summed E-state index contributed by atoms with van der Waals surface area (Å²) in [5, 5.41) is 9.02. The maximum absolute atomic E-state index is 11.9. The van der Waals surface area contributed by atoms with Crippen LogP contribution in [0.15, 0.2) is 29.2 Å². The van der Waals surface area contributed by atoms with Crippen molar-refractivity contribution in [3.8, 4) is 0 Å². The molecule has 5 heteroatoms. The number of aliphatic hydroxyl groups is 1. The van der Waals surface area contributed by atoms with Gasteiger partial charge in [0, 0.05) is 10.6 Å². The topological polar surface area (TPSA) is 54.4 Å². The molecule has 0 spiro atoms. The van der Waals surface area contributed by atoms with Crippen LogP contribution in [-0.2, 0) is 16.4 Å². The second-order valence-electron chi connectivity index (χ2n) is 5.09. The van der Waals surface area contributed by atoms with E-state index in [4.69, 9.17) is 5.11 Å². The number of aliphatic hydroxyl groups excluding tert-OH is 1. The maximum atomic E-state index is 11.9. The average molecular weight is 288 g/mol. The Bertz CT molecular complexity index is 487. The molecule has 0 aliphatic rings. The van der Waals surface area contributed by atoms with Crippen molar-refractivity contribution in [2.75, 3.05) is 11.5 Å². The van der Waals surface area contributed by atoms with Gasteiger partial charge < -0.3 is 5.11 Å². The minimum absolute atomic E-state index is 0.00862. The molecule has 0 heterocycles. The molecule has 1 aromatic rings. The van der Waals surface area contributed by atoms with Gasteiger partial charge in [-0.05, 0) is 38.5 Å². The first-order valence-electron chi connectivity index (χ1n) is 5.81. The monoisotopic (exact) mass is 288 g/mol. The van der Waals surface area contributed by atoms with Gasteiger partial charge in [-0.2, -0.15) is 0 Å². The Hall–Kier alpha value is -0.520. The lowest BCUT2D eigenvalue weighted by Crippen LogP contribution is -2.31. The number of hydrogen-bond acceptors (Lipinski definition) is 4. The summed E-state index contributed by atoms with van der Waals surface area (Å²) in [6.07, 6.45) is 0. The van der Waals surface area contributed by atoms with E-state index in [1.165, 1.54) is 11.8 Å². The summed E-state index contributed by atoms with van der Waals surface area (Å²) in [4.78, 5) is 0.991. The van der Waals surface area contributed by atoms with Gasteiger partial charge in [-0.15, -0.1) is 11.8 Å². The van der Waals surface area contributed by atoms with E-state index in [1.54, 1.807) is 20.8 Å². The maximum Gasteiger partial charge on any atom is 0.156 e. The first-order valence-corrected chi connectivity index (χ1v) is 8.45. The van der Waals surface area contributed by atoms with Gasteiger partial charge in [-0.1, -0.05) is 12.1 Å². The van der Waals surface area contributed by atoms with Gasteiger partial charge in [0.25, 0.3) is 0 Å². The molecular formula is C13H20O3S2. The van der Waals surface area contributed by atoms with Crippen molar-refractivity contribution in [1.29, 1.82) is 0 Å². The lowest BCUT2D eigenvalue weighted by molar-refractivity contribution is 0.281. The second kappa shape index (κ2) is 6.08. The molecule has 0 aliphatic carbocycles. The SMILES string of the molecule is CC(C)(C)S(=O)(=O)CCSc1cccc(CO)c1. The van der Waals surface area contributed by atoms with Crippen molar-refractivity contribution in [2.45, 2.75) is 37.0 Å². The highest BCUT2D eigenvalue weighted by Crippen LogP contribution is 2.22. The van der Waals surface area contributed by atoms with Crippen LogP contribution in [0.5, 0.6) is 0 Å². The quantitative estimate of drug-likeness (QED) is 0.846. The first kappa shape index (κ1) is 15.5. The summed E-state index contributed by atoms with van der Waals surface area (Å²) in [5.74, 6) is 0.707. The molecule has 18 heavy (non-hydrogen) atoms. The Kier molecular flexibility index (Phi) is 5.25. The summed E-state index contributed by atoms with van der Waals surface area (Å²) in [7, 11) is -3.05. The Morgan fingerprint density at radius 1 is 1.28 bits per heavy atom. The van der Waals surface area contributed by atoms with Gasteiger partial charge in [0.05, 0.1) is 17.1 Å². The van der Waals surface area contributed by atoms with Gasteiger partial charge in [-0.3, -0.25) is 0 Å². The van der Waals surface area contributed by atoms with Crippen LogP contribution in [0.1, 0.15) is 26.3 Å². The van der Waals surface area contributed by atoms with E-state index in [0.29, 0.717) is 5.75 Å². The smallest absolute Gasteiger partial charge is 0.156 e. The van der Waals surface area contributed by atoms with Crippen LogP contribution in [0.4, 0.5) is 0 Å². The van der Waals surface area contributed by atoms with Gasteiger partial charge >= 0.3 is 0 Å². The van der Waals surface area contributed by atoms with Crippen LogP contribution in [0, 0.1) is 0 Å². The standard InChI is InChI=1S/C13H20O3S2/c1-13(2,3)18(15,16)8-7-17-12-6-4-5-11(9-12)10-14/h4-6,9,14H,7-8,10H2,1-3H3. The van der Waals surface area contributed by atoms with Crippen molar-refractivity contribution in [1.82, 2.24) is 0 Å². The molecule has 0 aromatic heterocycles. The van der Waals surface area contributed by atoms with Gasteiger partial charge in [0.1, 0.15) is 0 Å². The van der Waals surface area contributed by atoms with Crippen LogP contribution in [0.2, 0.25) is 0 Å². The number of hydrogen-bond donors (Lipinski definition) is 1. The Morgan fingerprint density at radius 2 is 1.94 bits per heavy atom. The third-order valence-corrected chi connectivity index (χ3v) is 6.50. The fourth-order valence-electron chi connectivity index (χ4n) is 1.31. The van der Waals surface area contributed by atoms with Crippen molar-refractivity contribution in [3.05, 3.63) is 29.8 Å². The Morgan fingerprint density at radius 3 is 2.50 bits per heavy atom. The van der Waals surface area contributed by atoms with Crippen molar-refractivity contribution < 1.29 is 13.5 Å². The predicted octanol–water partition coefficient (Wildman–Crippen LogP) is 2.48. The highest BCUT2D eigenvalue weighted by Gasteiger charge is 2.28. The van der Waals surface area contributed by atoms with E-state index in [2.05, 4.69) is 0 Å². The van der Waals surface area contributed by atoms with Crippen molar-refractivity contribution in [2.24, 2.45) is 0 Å². The van der Waals surface area contributed by atoms with E-state index < -0.39 is 14.6 Å². The highest BCUT2D eigenvalue weighted by atomic mass is 32.2. The third-order valence-electron chi connectivity index (χ3n) is 2.63. The van der Waals surface area contributed by atoms with E-state index in [0.717, 1.165) is 10.5 Å². The molecule has 102 valence electrons. The zero-order valence-electron chi connectivity index (χ0n) is 11.0. The molecule has 1 N–H and O–H groups in total. The lowest BCUT2D eigenvalue weighted by Gasteiger charge is -2.18. The number of rotatable bonds is 5. The van der Waals surface area contributed by atoms with Crippen LogP contribution >= 0.6 is 11.8 Å². The Balaban J connectivity index is 2.57. The largest absolute Gasteiger partial charge is 0.392 e. The number of benzene rings is 1. The molecule has 3 nitrogen and oxygen atoms in total. The minimum Gasteiger partial charge on any atom is -0.392 e. The molecule has 0 fully saturated rings. The molecule has 0 aliphatic heterocycles. The molecule has 1 rings (SSSR count). The van der Waals surface area contributed by atoms with Crippen LogP contribution in [0.3, 0.4) is 0 Å². The Labute approximate surface area is 114 Å². The molecule has 0 saturated carbocycles. The van der Waals surface area contributed by atoms with E-state index in [1.807, 2.05) is 24.3 Å². The van der Waals surface area contributed by atoms with Gasteiger partial charge in [-0.25, -0.2) is 8.42 Å². The fraction of sp³-hybridized carbons (Fsp3) is 0.538. The number of sulfone groups is 1. The van der Waals surface area contributed by atoms with Crippen molar-refractivity contribution >= 4 is 21.6 Å². The number of thioether (sulfide) groups is 1. The second-order valence-corrected chi connectivity index (χ2v) is 9.12. The predicted molar refractivity (Wildman–Crippen MR) is 76.6 cm³/mol. The van der Waals surface area contributed by atoms with Gasteiger partial charge in [0.2, 0.25) is 0 Å². The lowest BCUT2D eigenvalue weighted by atomic mass is 10.2. The molecule has 0 amide bonds. The molecular weight excluding hydrogens is 268 g/mol. The average Bonchev–Trinajstić information content (AvgIpc) is 2.27. The molecule has 0 saturated heterocycles. The molecule has 0 atom stereocenters. The molecule has 0 radical (unpaired) electrons. The summed E-state index contributed by atoms with van der Waals surface area (Å²) in [6, 6.07) is 7.52.